The lowest BCUT2D eigenvalue weighted by Gasteiger charge is -2.13. The summed E-state index contributed by atoms with van der Waals surface area (Å²) in [6.07, 6.45) is 1.41. The van der Waals surface area contributed by atoms with Gasteiger partial charge in [0.2, 0.25) is 0 Å². The minimum atomic E-state index is -0.815. The summed E-state index contributed by atoms with van der Waals surface area (Å²) in [5.74, 6) is -0.661. The summed E-state index contributed by atoms with van der Waals surface area (Å²) in [5.41, 5.74) is 0.186. The van der Waals surface area contributed by atoms with Crippen molar-refractivity contribution in [1.29, 1.82) is 0 Å². The number of carbonyl (C=O) groups excluding carboxylic acids is 1. The fraction of sp³-hybridized carbons (Fsp3) is 0.250. The van der Waals surface area contributed by atoms with Crippen molar-refractivity contribution in [3.63, 3.8) is 0 Å². The van der Waals surface area contributed by atoms with E-state index in [1.165, 1.54) is 51.8 Å². The molecule has 1 N–H and O–H groups in total. The Labute approximate surface area is 150 Å². The molecule has 3 aromatic rings. The molecule has 2 heterocycles. The van der Waals surface area contributed by atoms with Crippen molar-refractivity contribution in [2.75, 3.05) is 11.9 Å². The van der Waals surface area contributed by atoms with E-state index in [0.717, 1.165) is 0 Å². The van der Waals surface area contributed by atoms with Gasteiger partial charge in [0.25, 0.3) is 5.91 Å². The Kier molecular flexibility index (Phi) is 3.86. The maximum Gasteiger partial charge on any atom is 0.259 e. The second kappa shape index (κ2) is 5.94. The smallest absolute Gasteiger partial charge is 0.259 e. The maximum absolute atomic E-state index is 13.0. The summed E-state index contributed by atoms with van der Waals surface area (Å²) in [6, 6.07) is 5.38. The monoisotopic (exact) mass is 376 g/mol. The highest BCUT2D eigenvalue weighted by atomic mass is 32.1. The molecule has 0 unspecified atom stereocenters. The van der Waals surface area contributed by atoms with E-state index in [1.54, 1.807) is 12.4 Å². The highest BCUT2D eigenvalue weighted by Gasteiger charge is 2.45. The van der Waals surface area contributed by atoms with Crippen LogP contribution < -0.4 is 4.90 Å². The average Bonchev–Trinajstić information content (AvgIpc) is 3.06. The standard InChI is InChI=1S/C16H13FN4O2S2/c1-21(13(22)9-2-4-10(17)5-3-9)15-18-11(8-24-15)12-19-20-14(25-12)16(23)6-7-16/h2-5,8,23H,6-7H2,1H3. The van der Waals surface area contributed by atoms with Crippen LogP contribution in [0.5, 0.6) is 0 Å². The minimum Gasteiger partial charge on any atom is -0.383 e. The van der Waals surface area contributed by atoms with E-state index < -0.39 is 5.60 Å². The summed E-state index contributed by atoms with van der Waals surface area (Å²) in [4.78, 5) is 18.3. The summed E-state index contributed by atoms with van der Waals surface area (Å²) in [7, 11) is 1.62. The van der Waals surface area contributed by atoms with E-state index in [-0.39, 0.29) is 11.7 Å². The molecule has 0 spiro atoms. The number of benzene rings is 1. The predicted molar refractivity (Wildman–Crippen MR) is 93.3 cm³/mol. The number of halogens is 1. The van der Waals surface area contributed by atoms with Crippen LogP contribution >= 0.6 is 22.7 Å². The van der Waals surface area contributed by atoms with Crippen LogP contribution in [0, 0.1) is 5.82 Å². The molecule has 1 aliphatic rings. The maximum atomic E-state index is 13.0. The van der Waals surface area contributed by atoms with Crippen molar-refractivity contribution < 1.29 is 14.3 Å². The summed E-state index contributed by atoms with van der Waals surface area (Å²) in [6.45, 7) is 0. The molecule has 128 valence electrons. The third-order valence-electron chi connectivity index (χ3n) is 3.94. The van der Waals surface area contributed by atoms with Gasteiger partial charge < -0.3 is 5.11 Å². The average molecular weight is 376 g/mol. The lowest BCUT2D eigenvalue weighted by molar-refractivity contribution is 0.0993. The van der Waals surface area contributed by atoms with Gasteiger partial charge >= 0.3 is 0 Å². The van der Waals surface area contributed by atoms with Crippen LogP contribution in [-0.4, -0.2) is 33.2 Å². The number of carbonyl (C=O) groups is 1. The Balaban J connectivity index is 1.55. The van der Waals surface area contributed by atoms with Gasteiger partial charge in [0.1, 0.15) is 22.1 Å². The number of aromatic nitrogens is 3. The van der Waals surface area contributed by atoms with Crippen LogP contribution in [0.4, 0.5) is 9.52 Å². The number of thiazole rings is 1. The summed E-state index contributed by atoms with van der Waals surface area (Å²) >= 11 is 2.62. The molecule has 0 radical (unpaired) electrons. The SMILES string of the molecule is CN(C(=O)c1ccc(F)cc1)c1nc(-c2nnc(C3(O)CC3)s2)cs1. The molecule has 9 heteroatoms. The minimum absolute atomic E-state index is 0.272. The highest BCUT2D eigenvalue weighted by Crippen LogP contribution is 2.47. The van der Waals surface area contributed by atoms with Crippen molar-refractivity contribution in [2.24, 2.45) is 0 Å². The Hall–Kier alpha value is -2.23. The van der Waals surface area contributed by atoms with Crippen LogP contribution in [0.25, 0.3) is 10.7 Å². The van der Waals surface area contributed by atoms with Gasteiger partial charge in [0.15, 0.2) is 10.1 Å². The molecule has 1 aromatic carbocycles. The molecule has 1 aliphatic carbocycles. The van der Waals surface area contributed by atoms with Crippen LogP contribution in [0.15, 0.2) is 29.6 Å². The number of aliphatic hydroxyl groups is 1. The van der Waals surface area contributed by atoms with Gasteiger partial charge in [-0.3, -0.25) is 9.69 Å². The van der Waals surface area contributed by atoms with E-state index in [1.807, 2.05) is 0 Å². The molecule has 0 saturated heterocycles. The number of anilines is 1. The van der Waals surface area contributed by atoms with Gasteiger partial charge in [-0.1, -0.05) is 11.3 Å². The zero-order valence-corrected chi connectivity index (χ0v) is 14.8. The quantitative estimate of drug-likeness (QED) is 0.757. The fourth-order valence-electron chi connectivity index (χ4n) is 2.24. The first-order valence-corrected chi connectivity index (χ1v) is 9.22. The summed E-state index contributed by atoms with van der Waals surface area (Å²) < 4.78 is 13.0. The van der Waals surface area contributed by atoms with E-state index >= 15 is 0 Å². The third-order valence-corrected chi connectivity index (χ3v) is 6.00. The van der Waals surface area contributed by atoms with E-state index in [4.69, 9.17) is 0 Å². The fourth-order valence-corrected chi connectivity index (χ4v) is 4.03. The van der Waals surface area contributed by atoms with Gasteiger partial charge in [-0.25, -0.2) is 9.37 Å². The van der Waals surface area contributed by atoms with Crippen LogP contribution in [0.1, 0.15) is 28.2 Å². The molecule has 6 nitrogen and oxygen atoms in total. The van der Waals surface area contributed by atoms with Crippen molar-refractivity contribution in [3.8, 4) is 10.7 Å². The second-order valence-electron chi connectivity index (χ2n) is 5.83. The molecule has 1 amide bonds. The molecule has 1 fully saturated rings. The van der Waals surface area contributed by atoms with Gasteiger partial charge in [0.05, 0.1) is 0 Å². The molecule has 1 saturated carbocycles. The number of hydrogen-bond acceptors (Lipinski definition) is 7. The lowest BCUT2D eigenvalue weighted by atomic mass is 10.2. The molecular formula is C16H13FN4O2S2. The molecule has 25 heavy (non-hydrogen) atoms. The number of nitrogens with zero attached hydrogens (tertiary/aromatic N) is 4. The molecule has 2 aromatic heterocycles. The van der Waals surface area contributed by atoms with E-state index in [9.17, 15) is 14.3 Å². The van der Waals surface area contributed by atoms with Crippen molar-refractivity contribution in [3.05, 3.63) is 46.0 Å². The van der Waals surface area contributed by atoms with Crippen molar-refractivity contribution >= 4 is 33.7 Å². The van der Waals surface area contributed by atoms with Gasteiger partial charge in [-0.15, -0.1) is 21.5 Å². The predicted octanol–water partition coefficient (Wildman–Crippen LogP) is 3.06. The highest BCUT2D eigenvalue weighted by molar-refractivity contribution is 7.16. The molecular weight excluding hydrogens is 363 g/mol. The Bertz CT molecular complexity index is 934. The van der Waals surface area contributed by atoms with Gasteiger partial charge in [0, 0.05) is 18.0 Å². The zero-order valence-electron chi connectivity index (χ0n) is 13.1. The van der Waals surface area contributed by atoms with Crippen molar-refractivity contribution in [2.45, 2.75) is 18.4 Å². The number of amides is 1. The topological polar surface area (TPSA) is 79.2 Å². The number of hydrogen-bond donors (Lipinski definition) is 1. The molecule has 4 rings (SSSR count). The van der Waals surface area contributed by atoms with Crippen molar-refractivity contribution in [1.82, 2.24) is 15.2 Å². The number of rotatable bonds is 4. The van der Waals surface area contributed by atoms with Gasteiger partial charge in [-0.05, 0) is 37.1 Å². The van der Waals surface area contributed by atoms with Crippen LogP contribution in [0.3, 0.4) is 0 Å². The van der Waals surface area contributed by atoms with E-state index in [2.05, 4.69) is 15.2 Å². The Morgan fingerprint density at radius 1 is 1.28 bits per heavy atom. The largest absolute Gasteiger partial charge is 0.383 e. The summed E-state index contributed by atoms with van der Waals surface area (Å²) in [5, 5.41) is 21.7. The van der Waals surface area contributed by atoms with Crippen LogP contribution in [0.2, 0.25) is 0 Å². The van der Waals surface area contributed by atoms with E-state index in [0.29, 0.717) is 39.2 Å². The first-order chi connectivity index (χ1) is 12.0. The molecule has 0 atom stereocenters. The zero-order chi connectivity index (χ0) is 17.6. The Morgan fingerprint density at radius 3 is 2.68 bits per heavy atom. The van der Waals surface area contributed by atoms with Crippen LogP contribution in [-0.2, 0) is 5.60 Å². The third kappa shape index (κ3) is 3.06. The first kappa shape index (κ1) is 16.2. The normalized spacial score (nSPS) is 15.2. The van der Waals surface area contributed by atoms with Gasteiger partial charge in [-0.2, -0.15) is 0 Å². The second-order valence-corrected chi connectivity index (χ2v) is 7.64. The lowest BCUT2D eigenvalue weighted by Crippen LogP contribution is -2.26. The Morgan fingerprint density at radius 2 is 2.00 bits per heavy atom. The first-order valence-electron chi connectivity index (χ1n) is 7.52. The molecule has 0 bridgehead atoms. The molecule has 0 aliphatic heterocycles.